The largest absolute Gasteiger partial charge is 0.497 e. The van der Waals surface area contributed by atoms with Gasteiger partial charge < -0.3 is 4.74 Å². The van der Waals surface area contributed by atoms with Gasteiger partial charge in [-0.3, -0.25) is 4.90 Å². The molecule has 7 heteroatoms. The van der Waals surface area contributed by atoms with E-state index in [2.05, 4.69) is 4.90 Å². The number of likely N-dealkylation sites (N-methyl/N-ethyl adjacent to an activating group) is 1. The Balaban J connectivity index is 1.91. The average molecular weight is 403 g/mol. The lowest BCUT2D eigenvalue weighted by atomic mass is 10.1. The minimum absolute atomic E-state index is 0.208. The number of hydrogen-bond donors (Lipinski definition) is 0. The zero-order chi connectivity index (χ0) is 19.2. The Kier molecular flexibility index (Phi) is 4.50. The fraction of sp³-hybridized carbons (Fsp3) is 0.200. The van der Waals surface area contributed by atoms with E-state index in [4.69, 9.17) is 16.3 Å². The average Bonchev–Trinajstić information content (AvgIpc) is 3.21. The second-order valence-electron chi connectivity index (χ2n) is 6.59. The van der Waals surface area contributed by atoms with Crippen molar-refractivity contribution < 1.29 is 13.2 Å². The topological polar surface area (TPSA) is 51.5 Å². The molecule has 0 N–H and O–H groups in total. The molecule has 4 rings (SSSR count). The molecule has 0 bridgehead atoms. The molecular formula is C20H19ClN2O3S. The first-order valence-corrected chi connectivity index (χ1v) is 10.3. The highest BCUT2D eigenvalue weighted by Gasteiger charge is 2.26. The summed E-state index contributed by atoms with van der Waals surface area (Å²) in [7, 11) is -0.213. The summed E-state index contributed by atoms with van der Waals surface area (Å²) in [5.41, 5.74) is 2.46. The molecule has 2 aromatic carbocycles. The van der Waals surface area contributed by atoms with Crippen LogP contribution in [0.5, 0.6) is 5.75 Å². The van der Waals surface area contributed by atoms with Crippen molar-refractivity contribution >= 4 is 38.1 Å². The van der Waals surface area contributed by atoms with Crippen LogP contribution in [0.4, 0.5) is 0 Å². The summed E-state index contributed by atoms with van der Waals surface area (Å²) in [6.07, 6.45) is 1.68. The van der Waals surface area contributed by atoms with Crippen LogP contribution in [0, 0.1) is 0 Å². The number of aromatic nitrogens is 1. The molecule has 0 saturated heterocycles. The molecule has 1 aliphatic heterocycles. The first-order valence-electron chi connectivity index (χ1n) is 8.48. The first-order chi connectivity index (χ1) is 12.9. The van der Waals surface area contributed by atoms with E-state index in [1.54, 1.807) is 37.6 Å². The maximum atomic E-state index is 13.3. The van der Waals surface area contributed by atoms with Gasteiger partial charge in [-0.25, -0.2) is 12.4 Å². The van der Waals surface area contributed by atoms with Gasteiger partial charge in [0.25, 0.3) is 10.0 Å². The van der Waals surface area contributed by atoms with Crippen LogP contribution in [0.25, 0.3) is 16.5 Å². The summed E-state index contributed by atoms with van der Waals surface area (Å²) < 4.78 is 33.0. The fourth-order valence-corrected chi connectivity index (χ4v) is 5.16. The maximum absolute atomic E-state index is 13.3. The molecule has 0 unspecified atom stereocenters. The van der Waals surface area contributed by atoms with Gasteiger partial charge in [-0.1, -0.05) is 29.8 Å². The summed E-state index contributed by atoms with van der Waals surface area (Å²) in [5.74, 6) is 0.609. The normalized spacial score (nSPS) is 15.7. The second kappa shape index (κ2) is 6.71. The van der Waals surface area contributed by atoms with E-state index in [0.29, 0.717) is 24.4 Å². The number of rotatable bonds is 4. The van der Waals surface area contributed by atoms with Crippen LogP contribution < -0.4 is 4.74 Å². The lowest BCUT2D eigenvalue weighted by Gasteiger charge is -2.08. The summed E-state index contributed by atoms with van der Waals surface area (Å²) in [4.78, 5) is 2.31. The van der Waals surface area contributed by atoms with Crippen LogP contribution in [0.1, 0.15) is 5.56 Å². The van der Waals surface area contributed by atoms with E-state index in [1.165, 1.54) is 3.97 Å². The van der Waals surface area contributed by atoms with Gasteiger partial charge >= 0.3 is 0 Å². The fourth-order valence-electron chi connectivity index (χ4n) is 3.43. The minimum Gasteiger partial charge on any atom is -0.497 e. The third-order valence-corrected chi connectivity index (χ3v) is 6.82. The summed E-state index contributed by atoms with van der Waals surface area (Å²) >= 11 is 6.45. The van der Waals surface area contributed by atoms with E-state index in [9.17, 15) is 8.42 Å². The highest BCUT2D eigenvalue weighted by Crippen LogP contribution is 2.35. The monoisotopic (exact) mass is 402 g/mol. The number of benzene rings is 2. The minimum atomic E-state index is -3.75. The van der Waals surface area contributed by atoms with E-state index in [-0.39, 0.29) is 4.90 Å². The number of ether oxygens (including phenoxy) is 1. The Morgan fingerprint density at radius 2 is 1.74 bits per heavy atom. The number of halogens is 1. The van der Waals surface area contributed by atoms with Crippen molar-refractivity contribution in [3.05, 3.63) is 65.3 Å². The third kappa shape index (κ3) is 3.04. The van der Waals surface area contributed by atoms with Gasteiger partial charge in [-0.15, -0.1) is 0 Å². The van der Waals surface area contributed by atoms with E-state index in [1.807, 2.05) is 31.3 Å². The molecule has 0 atom stereocenters. The number of methoxy groups -OCH3 is 1. The zero-order valence-electron chi connectivity index (χ0n) is 15.0. The molecule has 0 aliphatic carbocycles. The summed E-state index contributed by atoms with van der Waals surface area (Å²) in [6.45, 7) is 1.36. The number of nitrogens with zero attached hydrogens (tertiary/aromatic N) is 2. The molecule has 0 fully saturated rings. The van der Waals surface area contributed by atoms with Crippen molar-refractivity contribution in [1.82, 2.24) is 8.87 Å². The van der Waals surface area contributed by atoms with Crippen LogP contribution in [0.3, 0.4) is 0 Å². The van der Waals surface area contributed by atoms with Crippen LogP contribution >= 0.6 is 11.6 Å². The Morgan fingerprint density at radius 1 is 1.04 bits per heavy atom. The molecule has 3 aromatic rings. The van der Waals surface area contributed by atoms with Crippen LogP contribution in [-0.4, -0.2) is 44.5 Å². The Labute approximate surface area is 163 Å². The van der Waals surface area contributed by atoms with Crippen molar-refractivity contribution in [1.29, 1.82) is 0 Å². The van der Waals surface area contributed by atoms with Crippen molar-refractivity contribution in [3.8, 4) is 5.75 Å². The van der Waals surface area contributed by atoms with Gasteiger partial charge in [-0.2, -0.15) is 0 Å². The molecule has 27 heavy (non-hydrogen) atoms. The lowest BCUT2D eigenvalue weighted by molar-refractivity contribution is 0.414. The number of para-hydroxylation sites is 1. The first kappa shape index (κ1) is 18.1. The molecule has 1 aliphatic rings. The highest BCUT2D eigenvalue weighted by atomic mass is 35.5. The molecule has 2 heterocycles. The third-order valence-electron chi connectivity index (χ3n) is 4.78. The number of hydrogen-bond acceptors (Lipinski definition) is 4. The van der Waals surface area contributed by atoms with E-state index < -0.39 is 10.0 Å². The molecule has 1 aromatic heterocycles. The van der Waals surface area contributed by atoms with Gasteiger partial charge in [0.1, 0.15) is 5.75 Å². The van der Waals surface area contributed by atoms with E-state index >= 15 is 0 Å². The summed E-state index contributed by atoms with van der Waals surface area (Å²) in [6, 6.07) is 13.9. The molecular weight excluding hydrogens is 384 g/mol. The van der Waals surface area contributed by atoms with Gasteiger partial charge in [0.2, 0.25) is 0 Å². The highest BCUT2D eigenvalue weighted by molar-refractivity contribution is 7.90. The standard InChI is InChI=1S/C20H19ClN2O3S/c1-22-11-18(19(21)13-22)17-12-23(20-6-4-3-5-16(17)20)27(24,25)15-9-7-14(26-2)8-10-15/h3-10,12H,11,13H2,1-2H3. The van der Waals surface area contributed by atoms with Gasteiger partial charge in [0.15, 0.2) is 0 Å². The molecule has 5 nitrogen and oxygen atoms in total. The number of fused-ring (bicyclic) bond motifs is 1. The Bertz CT molecular complexity index is 1150. The lowest BCUT2D eigenvalue weighted by Crippen LogP contribution is -2.14. The Morgan fingerprint density at radius 3 is 2.37 bits per heavy atom. The zero-order valence-corrected chi connectivity index (χ0v) is 16.6. The quantitative estimate of drug-likeness (QED) is 0.666. The van der Waals surface area contributed by atoms with Crippen molar-refractivity contribution in [2.24, 2.45) is 0 Å². The van der Waals surface area contributed by atoms with Crippen molar-refractivity contribution in [2.45, 2.75) is 4.90 Å². The summed E-state index contributed by atoms with van der Waals surface area (Å²) in [5, 5.41) is 1.63. The maximum Gasteiger partial charge on any atom is 0.268 e. The smallest absolute Gasteiger partial charge is 0.268 e. The van der Waals surface area contributed by atoms with Crippen LogP contribution in [-0.2, 0) is 10.0 Å². The van der Waals surface area contributed by atoms with Crippen LogP contribution in [0.15, 0.2) is 64.7 Å². The van der Waals surface area contributed by atoms with Crippen molar-refractivity contribution in [3.63, 3.8) is 0 Å². The van der Waals surface area contributed by atoms with Gasteiger partial charge in [0, 0.05) is 35.3 Å². The van der Waals surface area contributed by atoms with Gasteiger partial charge in [-0.05, 0) is 43.0 Å². The molecule has 0 radical (unpaired) electrons. The second-order valence-corrected chi connectivity index (χ2v) is 8.86. The predicted molar refractivity (Wildman–Crippen MR) is 108 cm³/mol. The molecule has 140 valence electrons. The predicted octanol–water partition coefficient (Wildman–Crippen LogP) is 3.78. The Hall–Kier alpha value is -2.28. The SMILES string of the molecule is COc1ccc(S(=O)(=O)n2cc(C3=C(Cl)CN(C)C3)c3ccccc32)cc1. The van der Waals surface area contributed by atoms with Gasteiger partial charge in [0.05, 0.1) is 17.5 Å². The molecule has 0 amide bonds. The van der Waals surface area contributed by atoms with E-state index in [0.717, 1.165) is 21.6 Å². The van der Waals surface area contributed by atoms with Crippen molar-refractivity contribution in [2.75, 3.05) is 27.2 Å². The molecule has 0 spiro atoms. The molecule has 0 saturated carbocycles. The van der Waals surface area contributed by atoms with Crippen LogP contribution in [0.2, 0.25) is 0 Å².